The van der Waals surface area contributed by atoms with Gasteiger partial charge < -0.3 is 9.64 Å². The molecule has 5 heteroatoms. The molecule has 1 N–H and O–H groups in total. The molecular formula is C16H17N3O2. The lowest BCUT2D eigenvalue weighted by molar-refractivity contribution is 0.172. The largest absolute Gasteiger partial charge is 0.414 e. The molecule has 0 unspecified atom stereocenters. The van der Waals surface area contributed by atoms with E-state index in [0.29, 0.717) is 5.75 Å². The van der Waals surface area contributed by atoms with E-state index < -0.39 is 6.09 Å². The first-order valence-electron chi connectivity index (χ1n) is 6.49. The summed E-state index contributed by atoms with van der Waals surface area (Å²) >= 11 is 0. The molecule has 0 aromatic heterocycles. The Bertz CT molecular complexity index is 624. The zero-order valence-electron chi connectivity index (χ0n) is 12.0. The van der Waals surface area contributed by atoms with Gasteiger partial charge in [-0.15, -0.1) is 0 Å². The fraction of sp³-hybridized carbons (Fsp3) is 0.125. The van der Waals surface area contributed by atoms with Crippen LogP contribution in [0.2, 0.25) is 0 Å². The molecular weight excluding hydrogens is 266 g/mol. The third-order valence-electron chi connectivity index (χ3n) is 2.65. The van der Waals surface area contributed by atoms with Crippen molar-refractivity contribution in [3.63, 3.8) is 0 Å². The lowest BCUT2D eigenvalue weighted by Crippen LogP contribution is -2.25. The molecule has 0 spiro atoms. The van der Waals surface area contributed by atoms with Crippen LogP contribution in [-0.4, -0.2) is 31.3 Å². The topological polar surface area (TPSA) is 53.9 Å². The number of rotatable bonds is 4. The van der Waals surface area contributed by atoms with Crippen molar-refractivity contribution in [2.75, 3.05) is 19.5 Å². The van der Waals surface area contributed by atoms with Crippen LogP contribution >= 0.6 is 0 Å². The molecule has 2 rings (SSSR count). The Balaban J connectivity index is 2.07. The van der Waals surface area contributed by atoms with E-state index in [0.717, 1.165) is 11.3 Å². The van der Waals surface area contributed by atoms with Gasteiger partial charge in [-0.2, -0.15) is 5.10 Å². The Morgan fingerprint density at radius 3 is 2.48 bits per heavy atom. The zero-order chi connectivity index (χ0) is 15.1. The monoisotopic (exact) mass is 283 g/mol. The van der Waals surface area contributed by atoms with Crippen LogP contribution in [0.15, 0.2) is 59.7 Å². The van der Waals surface area contributed by atoms with Crippen molar-refractivity contribution >= 4 is 18.0 Å². The number of carbonyl (C=O) groups is 1. The number of anilines is 1. The summed E-state index contributed by atoms with van der Waals surface area (Å²) < 4.78 is 5.28. The molecule has 0 radical (unpaired) electrons. The van der Waals surface area contributed by atoms with Gasteiger partial charge in [-0.1, -0.05) is 30.3 Å². The fourth-order valence-corrected chi connectivity index (χ4v) is 1.55. The van der Waals surface area contributed by atoms with E-state index >= 15 is 0 Å². The molecule has 21 heavy (non-hydrogen) atoms. The summed E-state index contributed by atoms with van der Waals surface area (Å²) in [5.74, 6) is 0.467. The maximum atomic E-state index is 11.6. The van der Waals surface area contributed by atoms with Crippen LogP contribution in [0, 0.1) is 0 Å². The second kappa shape index (κ2) is 7.09. The van der Waals surface area contributed by atoms with Crippen LogP contribution in [0.3, 0.4) is 0 Å². The predicted molar refractivity (Wildman–Crippen MR) is 83.8 cm³/mol. The highest BCUT2D eigenvalue weighted by Gasteiger charge is 2.09. The maximum Gasteiger partial charge on any atom is 0.414 e. The molecule has 0 atom stereocenters. The summed E-state index contributed by atoms with van der Waals surface area (Å²) in [5.41, 5.74) is 4.52. The molecule has 0 saturated carbocycles. The number of benzene rings is 2. The lowest BCUT2D eigenvalue weighted by atomic mass is 10.2. The van der Waals surface area contributed by atoms with Crippen molar-refractivity contribution in [3.05, 3.63) is 60.2 Å². The lowest BCUT2D eigenvalue weighted by Gasteiger charge is -2.12. The zero-order valence-corrected chi connectivity index (χ0v) is 12.0. The number of para-hydroxylation sites is 2. The summed E-state index contributed by atoms with van der Waals surface area (Å²) in [6.45, 7) is 0. The number of carbonyl (C=O) groups excluding carboxylic acids is 1. The summed E-state index contributed by atoms with van der Waals surface area (Å²) in [7, 11) is 3.27. The van der Waals surface area contributed by atoms with Gasteiger partial charge in [0.15, 0.2) is 0 Å². The number of ether oxygens (including phenoxy) is 1. The van der Waals surface area contributed by atoms with E-state index in [1.165, 1.54) is 4.90 Å². The second-order valence-corrected chi connectivity index (χ2v) is 4.54. The highest BCUT2D eigenvalue weighted by Crippen LogP contribution is 2.16. The van der Waals surface area contributed by atoms with Crippen molar-refractivity contribution in [3.8, 4) is 5.75 Å². The van der Waals surface area contributed by atoms with Crippen LogP contribution < -0.4 is 10.2 Å². The molecule has 1 amide bonds. The van der Waals surface area contributed by atoms with Gasteiger partial charge >= 0.3 is 6.09 Å². The average molecular weight is 283 g/mol. The van der Waals surface area contributed by atoms with E-state index in [1.54, 1.807) is 32.4 Å². The molecule has 0 saturated heterocycles. The van der Waals surface area contributed by atoms with Crippen molar-refractivity contribution in [1.29, 1.82) is 0 Å². The van der Waals surface area contributed by atoms with Gasteiger partial charge in [-0.05, 0) is 24.3 Å². The van der Waals surface area contributed by atoms with E-state index in [4.69, 9.17) is 4.74 Å². The molecule has 5 nitrogen and oxygen atoms in total. The van der Waals surface area contributed by atoms with Crippen LogP contribution in [-0.2, 0) is 0 Å². The first-order chi connectivity index (χ1) is 10.2. The Morgan fingerprint density at radius 1 is 1.10 bits per heavy atom. The van der Waals surface area contributed by atoms with Gasteiger partial charge in [0.05, 0.1) is 11.9 Å². The van der Waals surface area contributed by atoms with E-state index in [-0.39, 0.29) is 0 Å². The number of nitrogens with one attached hydrogen (secondary N) is 1. The minimum atomic E-state index is -0.424. The van der Waals surface area contributed by atoms with Gasteiger partial charge in [-0.3, -0.25) is 5.43 Å². The number of amides is 1. The molecule has 2 aromatic carbocycles. The van der Waals surface area contributed by atoms with E-state index in [1.807, 2.05) is 42.5 Å². The highest BCUT2D eigenvalue weighted by molar-refractivity contribution is 5.85. The van der Waals surface area contributed by atoms with Crippen molar-refractivity contribution in [2.45, 2.75) is 0 Å². The Hall–Kier alpha value is -2.82. The third kappa shape index (κ3) is 4.35. The van der Waals surface area contributed by atoms with Crippen LogP contribution in [0.4, 0.5) is 10.5 Å². The van der Waals surface area contributed by atoms with Gasteiger partial charge in [0.25, 0.3) is 0 Å². The first-order valence-corrected chi connectivity index (χ1v) is 6.49. The molecule has 2 aromatic rings. The fourth-order valence-electron chi connectivity index (χ4n) is 1.55. The molecule has 0 heterocycles. The molecule has 0 aliphatic carbocycles. The average Bonchev–Trinajstić information content (AvgIpc) is 2.50. The first kappa shape index (κ1) is 14.6. The van der Waals surface area contributed by atoms with E-state index in [2.05, 4.69) is 10.5 Å². The molecule has 0 fully saturated rings. The quantitative estimate of drug-likeness (QED) is 0.692. The number of nitrogens with zero attached hydrogens (tertiary/aromatic N) is 2. The van der Waals surface area contributed by atoms with Gasteiger partial charge in [0, 0.05) is 19.7 Å². The molecule has 0 aliphatic heterocycles. The summed E-state index contributed by atoms with van der Waals surface area (Å²) in [4.78, 5) is 13.0. The van der Waals surface area contributed by atoms with E-state index in [9.17, 15) is 4.79 Å². The third-order valence-corrected chi connectivity index (χ3v) is 2.65. The number of hydrogen-bond donors (Lipinski definition) is 1. The summed E-state index contributed by atoms with van der Waals surface area (Å²) in [6.07, 6.45) is 1.19. The summed E-state index contributed by atoms with van der Waals surface area (Å²) in [6, 6.07) is 16.8. The van der Waals surface area contributed by atoms with Crippen LogP contribution in [0.1, 0.15) is 5.56 Å². The second-order valence-electron chi connectivity index (χ2n) is 4.54. The van der Waals surface area contributed by atoms with Crippen LogP contribution in [0.25, 0.3) is 0 Å². The molecule has 108 valence electrons. The van der Waals surface area contributed by atoms with Crippen molar-refractivity contribution in [1.82, 2.24) is 4.90 Å². The normalized spacial score (nSPS) is 10.4. The Kier molecular flexibility index (Phi) is 4.93. The van der Waals surface area contributed by atoms with Gasteiger partial charge in [-0.25, -0.2) is 4.79 Å². The van der Waals surface area contributed by atoms with Crippen molar-refractivity contribution in [2.24, 2.45) is 5.10 Å². The Morgan fingerprint density at radius 2 is 1.76 bits per heavy atom. The van der Waals surface area contributed by atoms with Crippen molar-refractivity contribution < 1.29 is 9.53 Å². The number of hydrazone groups is 1. The summed E-state index contributed by atoms with van der Waals surface area (Å²) in [5, 5.41) is 4.14. The van der Waals surface area contributed by atoms with Crippen LogP contribution in [0.5, 0.6) is 5.75 Å². The van der Waals surface area contributed by atoms with Gasteiger partial charge in [0.1, 0.15) is 5.75 Å². The standard InChI is InChI=1S/C16H17N3O2/c1-19(2)16(20)21-15-11-7-6-8-13(15)12-17-18-14-9-4-3-5-10-14/h3-12,18H,1-2H3. The highest BCUT2D eigenvalue weighted by atomic mass is 16.6. The maximum absolute atomic E-state index is 11.6. The smallest absolute Gasteiger partial charge is 0.410 e. The van der Waals surface area contributed by atoms with Gasteiger partial charge in [0.2, 0.25) is 0 Å². The Labute approximate surface area is 123 Å². The minimum Gasteiger partial charge on any atom is -0.410 e. The predicted octanol–water partition coefficient (Wildman–Crippen LogP) is 3.19. The minimum absolute atomic E-state index is 0.424. The SMILES string of the molecule is CN(C)C(=O)Oc1ccccc1C=NNc1ccccc1. The molecule has 0 bridgehead atoms. The number of hydrogen-bond acceptors (Lipinski definition) is 4. The molecule has 0 aliphatic rings.